The van der Waals surface area contributed by atoms with Gasteiger partial charge in [-0.2, -0.15) is 5.70 Å². The molecule has 0 aliphatic heterocycles. The van der Waals surface area contributed by atoms with Gasteiger partial charge >= 0.3 is 29.6 Å². The summed E-state index contributed by atoms with van der Waals surface area (Å²) >= 11 is 0. The molecule has 0 atom stereocenters. The van der Waals surface area contributed by atoms with Crippen molar-refractivity contribution in [2.24, 2.45) is 0 Å². The fourth-order valence-electron chi connectivity index (χ4n) is 0.850. The third kappa shape index (κ3) is 3.84. The minimum atomic E-state index is -3.53. The van der Waals surface area contributed by atoms with E-state index >= 15 is 0 Å². The Morgan fingerprint density at radius 1 is 1.29 bits per heavy atom. The molecule has 0 N–H and O–H groups in total. The van der Waals surface area contributed by atoms with E-state index in [4.69, 9.17) is 0 Å². The summed E-state index contributed by atoms with van der Waals surface area (Å²) in [6.45, 7) is 4.96. The molecule has 0 spiro atoms. The molecule has 0 unspecified atom stereocenters. The molecule has 1 aromatic rings. The van der Waals surface area contributed by atoms with Gasteiger partial charge in [0, 0.05) is 0 Å². The predicted molar refractivity (Wildman–Crippen MR) is 51.8 cm³/mol. The van der Waals surface area contributed by atoms with Gasteiger partial charge in [-0.05, 0) is 12.1 Å². The zero-order chi connectivity index (χ0) is 9.90. The normalized spacial score (nSPS) is 10.1. The van der Waals surface area contributed by atoms with E-state index in [2.05, 4.69) is 11.3 Å². The first kappa shape index (κ1) is 13.7. The van der Waals surface area contributed by atoms with Crippen LogP contribution in [-0.2, 0) is 10.0 Å². The maximum atomic E-state index is 11.4. The van der Waals surface area contributed by atoms with E-state index in [0.29, 0.717) is 0 Å². The van der Waals surface area contributed by atoms with Crippen molar-refractivity contribution in [3.63, 3.8) is 0 Å². The minimum absolute atomic E-state index is 0. The van der Waals surface area contributed by atoms with E-state index in [-0.39, 0.29) is 40.1 Å². The Morgan fingerprint density at radius 2 is 1.79 bits per heavy atom. The minimum Gasteiger partial charge on any atom is -0.577 e. The SMILES string of the molecule is C=C(C)[N-]S(=O)(=O)c1ccccc1.[Na+]. The van der Waals surface area contributed by atoms with Crippen LogP contribution in [0.25, 0.3) is 4.72 Å². The van der Waals surface area contributed by atoms with E-state index < -0.39 is 10.0 Å². The number of hydrogen-bond donors (Lipinski definition) is 0. The molecular formula is C9H10NNaO2S. The second-order valence-electron chi connectivity index (χ2n) is 2.61. The zero-order valence-electron chi connectivity index (χ0n) is 8.27. The van der Waals surface area contributed by atoms with E-state index in [1.54, 1.807) is 25.1 Å². The summed E-state index contributed by atoms with van der Waals surface area (Å²) in [6.07, 6.45) is 0. The van der Waals surface area contributed by atoms with Gasteiger partial charge in [-0.3, -0.25) is 0 Å². The monoisotopic (exact) mass is 219 g/mol. The third-order valence-electron chi connectivity index (χ3n) is 1.32. The van der Waals surface area contributed by atoms with Gasteiger partial charge in [0.15, 0.2) is 0 Å². The fourth-order valence-corrected chi connectivity index (χ4v) is 1.87. The van der Waals surface area contributed by atoms with Crippen molar-refractivity contribution in [3.05, 3.63) is 47.3 Å². The standard InChI is InChI=1S/C9H10NO2S.Na/c1-8(2)10-13(11,12)9-6-4-3-5-7-9;/h3-7H,1H2,2H3;/q-1;+1. The molecule has 5 heteroatoms. The summed E-state index contributed by atoms with van der Waals surface area (Å²) < 4.78 is 26.3. The number of allylic oxidation sites excluding steroid dienone is 1. The molecule has 0 aliphatic rings. The molecule has 1 rings (SSSR count). The molecule has 0 heterocycles. The summed E-state index contributed by atoms with van der Waals surface area (Å²) in [4.78, 5) is 0.193. The van der Waals surface area contributed by atoms with Gasteiger partial charge in [-0.25, -0.2) is 8.42 Å². The molecule has 0 radical (unpaired) electrons. The van der Waals surface area contributed by atoms with Gasteiger partial charge in [-0.1, -0.05) is 25.1 Å². The summed E-state index contributed by atoms with van der Waals surface area (Å²) in [5.41, 5.74) is 0.281. The van der Waals surface area contributed by atoms with Gasteiger partial charge < -0.3 is 4.72 Å². The number of benzene rings is 1. The molecule has 3 nitrogen and oxygen atoms in total. The van der Waals surface area contributed by atoms with Gasteiger partial charge in [0.1, 0.15) is 10.0 Å². The smallest absolute Gasteiger partial charge is 0.577 e. The number of rotatable bonds is 3. The summed E-state index contributed by atoms with van der Waals surface area (Å²) in [5, 5.41) is 0. The number of sulfonamides is 1. The van der Waals surface area contributed by atoms with E-state index in [9.17, 15) is 8.42 Å². The van der Waals surface area contributed by atoms with Gasteiger partial charge in [0.2, 0.25) is 0 Å². The van der Waals surface area contributed by atoms with Crippen molar-refractivity contribution < 1.29 is 38.0 Å². The molecule has 0 aliphatic carbocycles. The van der Waals surface area contributed by atoms with Gasteiger partial charge in [-0.15, -0.1) is 6.58 Å². The van der Waals surface area contributed by atoms with Gasteiger partial charge in [0.25, 0.3) is 0 Å². The van der Waals surface area contributed by atoms with Crippen molar-refractivity contribution in [2.45, 2.75) is 11.8 Å². The molecule has 0 fully saturated rings. The molecule has 70 valence electrons. The van der Waals surface area contributed by atoms with Crippen LogP contribution in [0.3, 0.4) is 0 Å². The Morgan fingerprint density at radius 3 is 2.21 bits per heavy atom. The van der Waals surface area contributed by atoms with Crippen LogP contribution in [0.1, 0.15) is 6.92 Å². The van der Waals surface area contributed by atoms with Crippen LogP contribution in [-0.4, -0.2) is 8.42 Å². The van der Waals surface area contributed by atoms with E-state index in [0.717, 1.165) is 0 Å². The van der Waals surface area contributed by atoms with Crippen molar-refractivity contribution >= 4 is 10.0 Å². The van der Waals surface area contributed by atoms with Crippen LogP contribution in [0.2, 0.25) is 0 Å². The Balaban J connectivity index is 0.00000169. The second kappa shape index (κ2) is 5.56. The second-order valence-corrected chi connectivity index (χ2v) is 4.22. The molecule has 0 amide bonds. The Kier molecular flexibility index (Phi) is 5.44. The first-order chi connectivity index (χ1) is 6.02. The van der Waals surface area contributed by atoms with Crippen molar-refractivity contribution in [2.75, 3.05) is 0 Å². The first-order valence-electron chi connectivity index (χ1n) is 3.71. The Bertz CT molecular complexity index is 400. The average Bonchev–Trinajstić information content (AvgIpc) is 2.04. The fraction of sp³-hybridized carbons (Fsp3) is 0.111. The Labute approximate surface area is 107 Å². The topological polar surface area (TPSA) is 48.2 Å². The van der Waals surface area contributed by atoms with E-state index in [1.807, 2.05) is 0 Å². The van der Waals surface area contributed by atoms with Crippen LogP contribution in [0.15, 0.2) is 47.5 Å². The molecule has 0 aromatic heterocycles. The molecule has 0 saturated carbocycles. The summed E-state index contributed by atoms with van der Waals surface area (Å²) in [6, 6.07) is 8.06. The maximum absolute atomic E-state index is 11.4. The van der Waals surface area contributed by atoms with Crippen LogP contribution in [0.5, 0.6) is 0 Å². The molecule has 0 bridgehead atoms. The Hall–Kier alpha value is -0.290. The zero-order valence-corrected chi connectivity index (χ0v) is 11.1. The van der Waals surface area contributed by atoms with Crippen LogP contribution in [0.4, 0.5) is 0 Å². The van der Waals surface area contributed by atoms with Crippen LogP contribution in [0, 0.1) is 0 Å². The van der Waals surface area contributed by atoms with Crippen molar-refractivity contribution in [1.29, 1.82) is 0 Å². The largest absolute Gasteiger partial charge is 1.00 e. The average molecular weight is 219 g/mol. The summed E-state index contributed by atoms with van der Waals surface area (Å²) in [7, 11) is -3.53. The molecular weight excluding hydrogens is 209 g/mol. The maximum Gasteiger partial charge on any atom is 1.00 e. The predicted octanol–water partition coefficient (Wildman–Crippen LogP) is -0.713. The third-order valence-corrected chi connectivity index (χ3v) is 2.74. The quantitative estimate of drug-likeness (QED) is 0.630. The van der Waals surface area contributed by atoms with E-state index in [1.165, 1.54) is 12.1 Å². The van der Waals surface area contributed by atoms with Gasteiger partial charge in [0.05, 0.1) is 4.90 Å². The van der Waals surface area contributed by atoms with Crippen LogP contribution < -0.4 is 29.6 Å². The molecule has 1 aromatic carbocycles. The number of nitrogens with zero attached hydrogens (tertiary/aromatic N) is 1. The first-order valence-corrected chi connectivity index (χ1v) is 5.15. The van der Waals surface area contributed by atoms with Crippen molar-refractivity contribution in [3.8, 4) is 0 Å². The number of hydrogen-bond acceptors (Lipinski definition) is 2. The summed E-state index contributed by atoms with van der Waals surface area (Å²) in [5.74, 6) is 0. The van der Waals surface area contributed by atoms with Crippen LogP contribution >= 0.6 is 0 Å². The molecule has 0 saturated heterocycles. The molecule has 14 heavy (non-hydrogen) atoms. The van der Waals surface area contributed by atoms with Crippen molar-refractivity contribution in [1.82, 2.24) is 0 Å².